The normalized spacial score (nSPS) is 22.7. The number of carbonyl (C=O) groups is 1. The van der Waals surface area contributed by atoms with Crippen LogP contribution in [0.3, 0.4) is 0 Å². The maximum atomic E-state index is 12.9. The van der Waals surface area contributed by atoms with Gasteiger partial charge in [0.1, 0.15) is 5.75 Å². The first-order valence-corrected chi connectivity index (χ1v) is 10.1. The Bertz CT molecular complexity index is 802. The third-order valence-electron chi connectivity index (χ3n) is 5.58. The molecular formula is C22H25ClN2O2. The van der Waals surface area contributed by atoms with Gasteiger partial charge in [-0.05, 0) is 55.7 Å². The molecule has 5 heteroatoms. The van der Waals surface area contributed by atoms with E-state index in [2.05, 4.69) is 5.32 Å². The highest BCUT2D eigenvalue weighted by atomic mass is 35.5. The molecule has 0 unspecified atom stereocenters. The van der Waals surface area contributed by atoms with Gasteiger partial charge in [0.05, 0.1) is 6.04 Å². The summed E-state index contributed by atoms with van der Waals surface area (Å²) in [5.74, 6) is 0.686. The number of carbonyl (C=O) groups excluding carboxylic acids is 1. The van der Waals surface area contributed by atoms with E-state index in [1.807, 2.05) is 48.2 Å². The summed E-state index contributed by atoms with van der Waals surface area (Å²) in [5, 5.41) is 4.31. The Morgan fingerprint density at radius 1 is 1.11 bits per heavy atom. The zero-order valence-electron chi connectivity index (χ0n) is 15.5. The van der Waals surface area contributed by atoms with Crippen LogP contribution in [-0.4, -0.2) is 30.6 Å². The Morgan fingerprint density at radius 3 is 2.52 bits per heavy atom. The molecule has 0 bridgehead atoms. The van der Waals surface area contributed by atoms with Crippen LogP contribution in [0, 0.1) is 6.92 Å². The molecule has 142 valence electrons. The van der Waals surface area contributed by atoms with Crippen LogP contribution >= 0.6 is 11.6 Å². The van der Waals surface area contributed by atoms with Crippen LogP contribution in [0.1, 0.15) is 31.2 Å². The summed E-state index contributed by atoms with van der Waals surface area (Å²) in [6, 6.07) is 15.7. The molecule has 0 radical (unpaired) electrons. The molecule has 2 aromatic rings. The second-order valence-corrected chi connectivity index (χ2v) is 7.88. The third-order valence-corrected chi connectivity index (χ3v) is 5.84. The summed E-state index contributed by atoms with van der Waals surface area (Å²) >= 11 is 5.96. The lowest BCUT2D eigenvalue weighted by molar-refractivity contribution is -0.134. The number of ether oxygens (including phenoxy) is 1. The summed E-state index contributed by atoms with van der Waals surface area (Å²) in [5.41, 5.74) is 2.07. The van der Waals surface area contributed by atoms with Crippen molar-refractivity contribution in [3.63, 3.8) is 0 Å². The van der Waals surface area contributed by atoms with E-state index in [1.165, 1.54) is 25.7 Å². The predicted molar refractivity (Wildman–Crippen MR) is 109 cm³/mol. The number of aryl methyl sites for hydroxylation is 1. The van der Waals surface area contributed by atoms with Crippen LogP contribution in [0.2, 0.25) is 5.02 Å². The molecule has 2 aliphatic rings. The summed E-state index contributed by atoms with van der Waals surface area (Å²) in [6.07, 6.45) is 4.53. The van der Waals surface area contributed by atoms with Gasteiger partial charge in [-0.2, -0.15) is 0 Å². The Balaban J connectivity index is 1.52. The molecule has 1 aliphatic carbocycles. The van der Waals surface area contributed by atoms with Gasteiger partial charge < -0.3 is 15.0 Å². The second-order valence-electron chi connectivity index (χ2n) is 7.44. The minimum atomic E-state index is -0.473. The van der Waals surface area contributed by atoms with Crippen molar-refractivity contribution in [1.29, 1.82) is 0 Å². The first kappa shape index (κ1) is 18.3. The Hall–Kier alpha value is -2.04. The highest BCUT2D eigenvalue weighted by Gasteiger charge is 2.50. The number of hydrogen-bond donors (Lipinski definition) is 1. The van der Waals surface area contributed by atoms with E-state index in [0.29, 0.717) is 16.8 Å². The van der Waals surface area contributed by atoms with Gasteiger partial charge in [-0.3, -0.25) is 4.79 Å². The lowest BCUT2D eigenvalue weighted by atomic mass is 9.94. The van der Waals surface area contributed by atoms with Crippen molar-refractivity contribution in [3.05, 3.63) is 59.1 Å². The molecule has 27 heavy (non-hydrogen) atoms. The van der Waals surface area contributed by atoms with Gasteiger partial charge in [0.25, 0.3) is 5.91 Å². The number of benzene rings is 2. The molecule has 1 aliphatic heterocycles. The van der Waals surface area contributed by atoms with Crippen molar-refractivity contribution in [2.75, 3.05) is 11.4 Å². The number of rotatable bonds is 6. The van der Waals surface area contributed by atoms with Gasteiger partial charge >= 0.3 is 0 Å². The van der Waals surface area contributed by atoms with Crippen LogP contribution < -0.4 is 15.0 Å². The summed E-state index contributed by atoms with van der Waals surface area (Å²) in [4.78, 5) is 14.8. The number of para-hydroxylation sites is 1. The van der Waals surface area contributed by atoms with Crippen molar-refractivity contribution in [2.24, 2.45) is 0 Å². The maximum absolute atomic E-state index is 12.9. The average Bonchev–Trinajstić information content (AvgIpc) is 3.19. The van der Waals surface area contributed by atoms with E-state index >= 15 is 0 Å². The molecule has 1 saturated carbocycles. The van der Waals surface area contributed by atoms with Gasteiger partial charge in [0.15, 0.2) is 6.10 Å². The fourth-order valence-electron chi connectivity index (χ4n) is 4.05. The fourth-order valence-corrected chi connectivity index (χ4v) is 4.18. The molecule has 2 aromatic carbocycles. The number of nitrogens with zero attached hydrogens (tertiary/aromatic N) is 1. The Labute approximate surface area is 165 Å². The second kappa shape index (κ2) is 7.91. The number of nitrogens with one attached hydrogen (secondary N) is 1. The molecular weight excluding hydrogens is 360 g/mol. The maximum Gasteiger partial charge on any atom is 0.270 e. The van der Waals surface area contributed by atoms with E-state index in [4.69, 9.17) is 16.3 Å². The zero-order valence-corrected chi connectivity index (χ0v) is 16.3. The van der Waals surface area contributed by atoms with Crippen LogP contribution in [0.15, 0.2) is 48.5 Å². The fraction of sp³-hybridized carbons (Fsp3) is 0.409. The molecule has 1 amide bonds. The van der Waals surface area contributed by atoms with Crippen molar-refractivity contribution in [3.8, 4) is 5.75 Å². The van der Waals surface area contributed by atoms with Crippen LogP contribution in [0.5, 0.6) is 5.75 Å². The standard InChI is InChI=1S/C22H25ClN2O2/c1-15-6-2-5-9-19(15)25-20(14-24-17-7-3-4-8-17)21(22(25)26)27-18-12-10-16(23)11-13-18/h2,5-6,9-13,17,20-21,24H,3-4,7-8,14H2,1H3/t20-,21+/m1/s1. The van der Waals surface area contributed by atoms with Crippen molar-refractivity contribution >= 4 is 23.2 Å². The predicted octanol–water partition coefficient (Wildman–Crippen LogP) is 4.34. The summed E-state index contributed by atoms with van der Waals surface area (Å²) in [7, 11) is 0. The smallest absolute Gasteiger partial charge is 0.270 e. The van der Waals surface area contributed by atoms with E-state index in [-0.39, 0.29) is 11.9 Å². The lowest BCUT2D eigenvalue weighted by Crippen LogP contribution is -2.70. The molecule has 0 aromatic heterocycles. The molecule has 2 atom stereocenters. The quantitative estimate of drug-likeness (QED) is 0.753. The number of β-lactam (4-membered cyclic amide) rings is 1. The third kappa shape index (κ3) is 3.83. The largest absolute Gasteiger partial charge is 0.478 e. The Kier molecular flexibility index (Phi) is 5.37. The highest BCUT2D eigenvalue weighted by Crippen LogP contribution is 2.33. The molecule has 1 heterocycles. The number of halogens is 1. The molecule has 1 saturated heterocycles. The average molecular weight is 385 g/mol. The minimum Gasteiger partial charge on any atom is -0.478 e. The first-order valence-electron chi connectivity index (χ1n) is 9.68. The van der Waals surface area contributed by atoms with E-state index < -0.39 is 6.10 Å². The van der Waals surface area contributed by atoms with Crippen LogP contribution in [-0.2, 0) is 4.79 Å². The highest BCUT2D eigenvalue weighted by molar-refractivity contribution is 6.30. The van der Waals surface area contributed by atoms with E-state index in [9.17, 15) is 4.79 Å². The molecule has 4 rings (SSSR count). The van der Waals surface area contributed by atoms with Gasteiger partial charge in [-0.1, -0.05) is 42.6 Å². The molecule has 1 N–H and O–H groups in total. The Morgan fingerprint density at radius 2 is 1.81 bits per heavy atom. The molecule has 4 nitrogen and oxygen atoms in total. The van der Waals surface area contributed by atoms with Crippen molar-refractivity contribution in [2.45, 2.75) is 50.8 Å². The minimum absolute atomic E-state index is 0.0115. The molecule has 2 fully saturated rings. The number of hydrogen-bond acceptors (Lipinski definition) is 3. The number of anilines is 1. The van der Waals surface area contributed by atoms with Gasteiger partial charge in [0, 0.05) is 23.3 Å². The van der Waals surface area contributed by atoms with E-state index in [0.717, 1.165) is 17.8 Å². The SMILES string of the molecule is Cc1ccccc1N1C(=O)[C@@H](Oc2ccc(Cl)cc2)[C@H]1CNC1CCCC1. The number of amides is 1. The van der Waals surface area contributed by atoms with Crippen molar-refractivity contribution < 1.29 is 9.53 Å². The monoisotopic (exact) mass is 384 g/mol. The van der Waals surface area contributed by atoms with E-state index in [1.54, 1.807) is 12.1 Å². The lowest BCUT2D eigenvalue weighted by Gasteiger charge is -2.47. The van der Waals surface area contributed by atoms with Gasteiger partial charge in [-0.25, -0.2) is 0 Å². The summed E-state index contributed by atoms with van der Waals surface area (Å²) < 4.78 is 6.05. The summed E-state index contributed by atoms with van der Waals surface area (Å²) in [6.45, 7) is 2.78. The zero-order chi connectivity index (χ0) is 18.8. The molecule has 0 spiro atoms. The van der Waals surface area contributed by atoms with Crippen LogP contribution in [0.25, 0.3) is 0 Å². The van der Waals surface area contributed by atoms with Crippen LogP contribution in [0.4, 0.5) is 5.69 Å². The van der Waals surface area contributed by atoms with Crippen molar-refractivity contribution in [1.82, 2.24) is 5.32 Å². The first-order chi connectivity index (χ1) is 13.1. The van der Waals surface area contributed by atoms with Gasteiger partial charge in [-0.15, -0.1) is 0 Å². The van der Waals surface area contributed by atoms with Gasteiger partial charge in [0.2, 0.25) is 0 Å². The topological polar surface area (TPSA) is 41.6 Å².